The number of nitrogens with zero attached hydrogens (tertiary/aromatic N) is 5. The Bertz CT molecular complexity index is 631. The number of halogens is 1. The molecule has 8 nitrogen and oxygen atoms in total. The Labute approximate surface area is 119 Å². The average molecular weight is 295 g/mol. The van der Waals surface area contributed by atoms with Gasteiger partial charge in [-0.05, 0) is 22.9 Å². The van der Waals surface area contributed by atoms with E-state index in [4.69, 9.17) is 4.74 Å². The molecule has 21 heavy (non-hydrogen) atoms. The van der Waals surface area contributed by atoms with Gasteiger partial charge in [0.2, 0.25) is 0 Å². The zero-order chi connectivity index (χ0) is 15.2. The van der Waals surface area contributed by atoms with Crippen LogP contribution in [0.25, 0.3) is 0 Å². The Morgan fingerprint density at radius 1 is 1.48 bits per heavy atom. The highest BCUT2D eigenvalue weighted by atomic mass is 19.1. The highest BCUT2D eigenvalue weighted by molar-refractivity contribution is 5.37. The van der Waals surface area contributed by atoms with E-state index >= 15 is 0 Å². The molecule has 0 saturated carbocycles. The lowest BCUT2D eigenvalue weighted by Crippen LogP contribution is -2.09. The Morgan fingerprint density at radius 2 is 2.29 bits per heavy atom. The van der Waals surface area contributed by atoms with Gasteiger partial charge in [-0.2, -0.15) is 0 Å². The number of benzene rings is 1. The van der Waals surface area contributed by atoms with Crippen molar-refractivity contribution in [1.29, 1.82) is 0 Å². The first-order valence-corrected chi connectivity index (χ1v) is 6.43. The molecule has 0 bridgehead atoms. The third-order valence-electron chi connectivity index (χ3n) is 2.81. The number of hydrogen-bond acceptors (Lipinski definition) is 6. The number of rotatable bonds is 7. The first-order valence-electron chi connectivity index (χ1n) is 6.43. The van der Waals surface area contributed by atoms with E-state index in [0.717, 1.165) is 18.9 Å². The highest BCUT2D eigenvalue weighted by Gasteiger charge is 2.13. The van der Waals surface area contributed by atoms with Gasteiger partial charge >= 0.3 is 0 Å². The molecular formula is C12H14FN5O3. The van der Waals surface area contributed by atoms with E-state index in [-0.39, 0.29) is 18.0 Å². The second kappa shape index (κ2) is 6.73. The summed E-state index contributed by atoms with van der Waals surface area (Å²) in [6, 6.07) is 3.21. The molecule has 0 atom stereocenters. The number of nitro groups is 1. The van der Waals surface area contributed by atoms with Crippen LogP contribution in [0.4, 0.5) is 10.1 Å². The van der Waals surface area contributed by atoms with Crippen molar-refractivity contribution in [2.24, 2.45) is 0 Å². The first-order chi connectivity index (χ1) is 10.1. The summed E-state index contributed by atoms with van der Waals surface area (Å²) >= 11 is 0. The Morgan fingerprint density at radius 3 is 2.95 bits per heavy atom. The highest BCUT2D eigenvalue weighted by Crippen LogP contribution is 2.23. The van der Waals surface area contributed by atoms with Crippen molar-refractivity contribution in [3.05, 3.63) is 40.0 Å². The summed E-state index contributed by atoms with van der Waals surface area (Å²) in [5.41, 5.74) is -0.326. The van der Waals surface area contributed by atoms with E-state index in [1.54, 1.807) is 4.68 Å². The zero-order valence-corrected chi connectivity index (χ0v) is 11.4. The lowest BCUT2D eigenvalue weighted by atomic mass is 10.3. The van der Waals surface area contributed by atoms with Gasteiger partial charge in [0.05, 0.1) is 11.0 Å². The number of aromatic nitrogens is 4. The normalized spacial score (nSPS) is 10.6. The summed E-state index contributed by atoms with van der Waals surface area (Å²) < 4.78 is 20.5. The SMILES string of the molecule is CCCCn1nnnc1COc1ccc([N+](=O)[O-])cc1F. The summed E-state index contributed by atoms with van der Waals surface area (Å²) in [6.07, 6.45) is 1.92. The van der Waals surface area contributed by atoms with Crippen molar-refractivity contribution in [2.45, 2.75) is 32.9 Å². The van der Waals surface area contributed by atoms with Crippen LogP contribution in [0.2, 0.25) is 0 Å². The number of ether oxygens (including phenoxy) is 1. The second-order valence-corrected chi connectivity index (χ2v) is 4.33. The van der Waals surface area contributed by atoms with Crippen molar-refractivity contribution < 1.29 is 14.1 Å². The molecule has 0 saturated heterocycles. The van der Waals surface area contributed by atoms with Crippen LogP contribution in [0.5, 0.6) is 5.75 Å². The third-order valence-corrected chi connectivity index (χ3v) is 2.81. The lowest BCUT2D eigenvalue weighted by Gasteiger charge is -2.07. The van der Waals surface area contributed by atoms with Crippen LogP contribution in [-0.2, 0) is 13.2 Å². The van der Waals surface area contributed by atoms with E-state index in [1.165, 1.54) is 12.1 Å². The summed E-state index contributed by atoms with van der Waals surface area (Å²) in [4.78, 5) is 9.85. The molecule has 0 radical (unpaired) electrons. The largest absolute Gasteiger partial charge is 0.482 e. The van der Waals surface area contributed by atoms with Crippen LogP contribution in [-0.4, -0.2) is 25.1 Å². The van der Waals surface area contributed by atoms with Crippen molar-refractivity contribution in [3.8, 4) is 5.75 Å². The maximum Gasteiger partial charge on any atom is 0.272 e. The maximum absolute atomic E-state index is 13.7. The van der Waals surface area contributed by atoms with E-state index in [2.05, 4.69) is 15.5 Å². The van der Waals surface area contributed by atoms with Gasteiger partial charge in [-0.3, -0.25) is 10.1 Å². The number of hydrogen-bond donors (Lipinski definition) is 0. The van der Waals surface area contributed by atoms with Crippen molar-refractivity contribution in [1.82, 2.24) is 20.2 Å². The average Bonchev–Trinajstić information content (AvgIpc) is 2.91. The second-order valence-electron chi connectivity index (χ2n) is 4.33. The van der Waals surface area contributed by atoms with Crippen LogP contribution in [0, 0.1) is 15.9 Å². The third kappa shape index (κ3) is 3.71. The van der Waals surface area contributed by atoms with Gasteiger partial charge in [0.15, 0.2) is 17.4 Å². The van der Waals surface area contributed by atoms with E-state index in [1.807, 2.05) is 6.92 Å². The molecule has 2 rings (SSSR count). The van der Waals surface area contributed by atoms with E-state index in [9.17, 15) is 14.5 Å². The van der Waals surface area contributed by atoms with Gasteiger partial charge in [0.25, 0.3) is 5.69 Å². The van der Waals surface area contributed by atoms with E-state index < -0.39 is 10.7 Å². The summed E-state index contributed by atoms with van der Waals surface area (Å²) in [5, 5.41) is 21.7. The molecule has 1 heterocycles. The molecule has 0 unspecified atom stereocenters. The van der Waals surface area contributed by atoms with Crippen molar-refractivity contribution >= 4 is 5.69 Å². The molecule has 0 aliphatic carbocycles. The fourth-order valence-corrected chi connectivity index (χ4v) is 1.67. The molecule has 2 aromatic rings. The molecule has 0 amide bonds. The quantitative estimate of drug-likeness (QED) is 0.573. The Balaban J connectivity index is 2.03. The van der Waals surface area contributed by atoms with Gasteiger partial charge in [-0.25, -0.2) is 9.07 Å². The van der Waals surface area contributed by atoms with Crippen LogP contribution < -0.4 is 4.74 Å². The standard InChI is InChI=1S/C12H14FN5O3/c1-2-3-6-17-12(14-15-16-17)8-21-11-5-4-9(18(19)20)7-10(11)13/h4-5,7H,2-3,6,8H2,1H3. The number of non-ortho nitro benzene ring substituents is 1. The van der Waals surface area contributed by atoms with Crippen LogP contribution in [0.1, 0.15) is 25.6 Å². The summed E-state index contributed by atoms with van der Waals surface area (Å²) in [7, 11) is 0. The summed E-state index contributed by atoms with van der Waals surface area (Å²) in [5.74, 6) is -0.399. The van der Waals surface area contributed by atoms with Crippen molar-refractivity contribution in [3.63, 3.8) is 0 Å². The molecule has 112 valence electrons. The zero-order valence-electron chi connectivity index (χ0n) is 11.4. The smallest absolute Gasteiger partial charge is 0.272 e. The lowest BCUT2D eigenvalue weighted by molar-refractivity contribution is -0.385. The van der Waals surface area contributed by atoms with Gasteiger partial charge in [0, 0.05) is 12.6 Å². The van der Waals surface area contributed by atoms with E-state index in [0.29, 0.717) is 12.4 Å². The monoisotopic (exact) mass is 295 g/mol. The first kappa shape index (κ1) is 14.8. The number of tetrazole rings is 1. The topological polar surface area (TPSA) is 96.0 Å². The Hall–Kier alpha value is -2.58. The van der Waals surface area contributed by atoms with Gasteiger partial charge in [-0.15, -0.1) is 5.10 Å². The number of nitro benzene ring substituents is 1. The fraction of sp³-hybridized carbons (Fsp3) is 0.417. The van der Waals surface area contributed by atoms with Gasteiger partial charge in [0.1, 0.15) is 6.61 Å². The minimum atomic E-state index is -0.795. The van der Waals surface area contributed by atoms with Gasteiger partial charge in [-0.1, -0.05) is 13.3 Å². The summed E-state index contributed by atoms with van der Waals surface area (Å²) in [6.45, 7) is 2.70. The van der Waals surface area contributed by atoms with Crippen LogP contribution in [0.15, 0.2) is 18.2 Å². The molecule has 1 aromatic carbocycles. The molecule has 0 aliphatic heterocycles. The molecular weight excluding hydrogens is 281 g/mol. The van der Waals surface area contributed by atoms with Crippen molar-refractivity contribution in [2.75, 3.05) is 0 Å². The number of aryl methyl sites for hydroxylation is 1. The molecule has 0 spiro atoms. The van der Waals surface area contributed by atoms with Crippen LogP contribution in [0.3, 0.4) is 0 Å². The number of unbranched alkanes of at least 4 members (excludes halogenated alkanes) is 1. The molecule has 9 heteroatoms. The predicted molar refractivity (Wildman–Crippen MR) is 70.1 cm³/mol. The fourth-order valence-electron chi connectivity index (χ4n) is 1.67. The molecule has 0 N–H and O–H groups in total. The van der Waals surface area contributed by atoms with Crippen LogP contribution >= 0.6 is 0 Å². The molecule has 0 aliphatic rings. The Kier molecular flexibility index (Phi) is 4.75. The molecule has 0 fully saturated rings. The minimum Gasteiger partial charge on any atom is -0.482 e. The maximum atomic E-state index is 13.7. The van der Waals surface area contributed by atoms with Gasteiger partial charge < -0.3 is 4.74 Å². The molecule has 1 aromatic heterocycles. The predicted octanol–water partition coefficient (Wildman–Crippen LogP) is 2.10. The minimum absolute atomic E-state index is 0.00849.